The second kappa shape index (κ2) is 6.59. The molecule has 0 fully saturated rings. The zero-order chi connectivity index (χ0) is 14.5. The molecule has 4 heteroatoms. The summed E-state index contributed by atoms with van der Waals surface area (Å²) in [5, 5.41) is 10.2. The Balaban J connectivity index is 2.26. The smallest absolute Gasteiger partial charge is 0.129 e. The summed E-state index contributed by atoms with van der Waals surface area (Å²) in [6.07, 6.45) is -1.09. The highest BCUT2D eigenvalue weighted by molar-refractivity contribution is 5.31. The van der Waals surface area contributed by atoms with Crippen LogP contribution in [-0.2, 0) is 17.8 Å². The van der Waals surface area contributed by atoms with E-state index in [4.69, 9.17) is 4.74 Å². The Labute approximate surface area is 116 Å². The minimum absolute atomic E-state index is 0.104. The van der Waals surface area contributed by atoms with Crippen LogP contribution in [0.15, 0.2) is 42.5 Å². The molecule has 20 heavy (non-hydrogen) atoms. The van der Waals surface area contributed by atoms with Gasteiger partial charge in [-0.25, -0.2) is 8.78 Å². The molecule has 0 aliphatic rings. The quantitative estimate of drug-likeness (QED) is 0.908. The van der Waals surface area contributed by atoms with Crippen molar-refractivity contribution in [3.63, 3.8) is 0 Å². The highest BCUT2D eigenvalue weighted by Gasteiger charge is 2.17. The number of hydrogen-bond acceptors (Lipinski definition) is 2. The topological polar surface area (TPSA) is 29.5 Å². The molecule has 0 radical (unpaired) electrons. The van der Waals surface area contributed by atoms with E-state index in [1.54, 1.807) is 19.2 Å². The molecule has 1 N–H and O–H groups in total. The van der Waals surface area contributed by atoms with Crippen LogP contribution < -0.4 is 0 Å². The summed E-state index contributed by atoms with van der Waals surface area (Å²) in [4.78, 5) is 0. The second-order valence-electron chi connectivity index (χ2n) is 4.55. The van der Waals surface area contributed by atoms with E-state index in [1.165, 1.54) is 18.2 Å². The minimum atomic E-state index is -0.979. The van der Waals surface area contributed by atoms with Gasteiger partial charge in [-0.15, -0.1) is 0 Å². The molecule has 0 saturated carbocycles. The van der Waals surface area contributed by atoms with Crippen molar-refractivity contribution in [3.8, 4) is 0 Å². The minimum Gasteiger partial charge on any atom is -0.388 e. The molecule has 0 saturated heterocycles. The molecular formula is C16H16F2O2. The van der Waals surface area contributed by atoms with Gasteiger partial charge in [0.2, 0.25) is 0 Å². The van der Waals surface area contributed by atoms with Crippen LogP contribution in [0.2, 0.25) is 0 Å². The molecule has 2 rings (SSSR count). The predicted molar refractivity (Wildman–Crippen MR) is 72.2 cm³/mol. The van der Waals surface area contributed by atoms with Gasteiger partial charge < -0.3 is 9.84 Å². The number of methoxy groups -OCH3 is 1. The Kier molecular flexibility index (Phi) is 4.82. The molecule has 1 unspecified atom stereocenters. The van der Waals surface area contributed by atoms with Crippen LogP contribution in [0.3, 0.4) is 0 Å². The number of rotatable bonds is 5. The van der Waals surface area contributed by atoms with Crippen molar-refractivity contribution >= 4 is 0 Å². The Hall–Kier alpha value is -1.78. The lowest BCUT2D eigenvalue weighted by Gasteiger charge is -2.16. The maximum Gasteiger partial charge on any atom is 0.129 e. The van der Waals surface area contributed by atoms with E-state index >= 15 is 0 Å². The summed E-state index contributed by atoms with van der Waals surface area (Å²) in [6, 6.07) is 10.8. The van der Waals surface area contributed by atoms with Gasteiger partial charge in [0.15, 0.2) is 0 Å². The van der Waals surface area contributed by atoms with E-state index in [1.807, 2.05) is 12.1 Å². The fraction of sp³-hybridized carbons (Fsp3) is 0.250. The van der Waals surface area contributed by atoms with E-state index in [9.17, 15) is 13.9 Å². The highest BCUT2D eigenvalue weighted by Crippen LogP contribution is 2.25. The average Bonchev–Trinajstić information content (AvgIpc) is 2.44. The van der Waals surface area contributed by atoms with Crippen molar-refractivity contribution < 1.29 is 18.6 Å². The van der Waals surface area contributed by atoms with Crippen LogP contribution >= 0.6 is 0 Å². The normalized spacial score (nSPS) is 12.4. The van der Waals surface area contributed by atoms with Crippen molar-refractivity contribution in [2.45, 2.75) is 19.1 Å². The third kappa shape index (κ3) is 3.21. The van der Waals surface area contributed by atoms with Crippen molar-refractivity contribution in [3.05, 3.63) is 70.8 Å². The fourth-order valence-corrected chi connectivity index (χ4v) is 2.18. The molecule has 0 aliphatic carbocycles. The molecule has 0 heterocycles. The average molecular weight is 278 g/mol. The third-order valence-electron chi connectivity index (χ3n) is 3.17. The molecule has 0 amide bonds. The zero-order valence-corrected chi connectivity index (χ0v) is 11.1. The fourth-order valence-electron chi connectivity index (χ4n) is 2.18. The van der Waals surface area contributed by atoms with Crippen molar-refractivity contribution in [2.24, 2.45) is 0 Å². The number of benzene rings is 2. The van der Waals surface area contributed by atoms with Crippen molar-refractivity contribution in [1.29, 1.82) is 0 Å². The van der Waals surface area contributed by atoms with Crippen LogP contribution in [0.5, 0.6) is 0 Å². The zero-order valence-electron chi connectivity index (χ0n) is 11.1. The van der Waals surface area contributed by atoms with Gasteiger partial charge >= 0.3 is 0 Å². The van der Waals surface area contributed by atoms with Crippen LogP contribution in [0.1, 0.15) is 22.8 Å². The Morgan fingerprint density at radius 2 is 1.70 bits per heavy atom. The molecule has 2 nitrogen and oxygen atoms in total. The van der Waals surface area contributed by atoms with Crippen LogP contribution in [0.4, 0.5) is 8.78 Å². The lowest BCUT2D eigenvalue weighted by Crippen LogP contribution is -2.08. The number of aliphatic hydroxyl groups is 1. The Morgan fingerprint density at radius 3 is 2.35 bits per heavy atom. The SMILES string of the molecule is COCc1ccccc1C(O)Cc1c(F)cccc1F. The van der Waals surface area contributed by atoms with Gasteiger partial charge in [-0.05, 0) is 23.3 Å². The number of ether oxygens (including phenoxy) is 1. The summed E-state index contributed by atoms with van der Waals surface area (Å²) in [5.74, 6) is -1.29. The first kappa shape index (κ1) is 14.6. The van der Waals surface area contributed by atoms with Gasteiger partial charge in [0.25, 0.3) is 0 Å². The lowest BCUT2D eigenvalue weighted by atomic mass is 9.97. The summed E-state index contributed by atoms with van der Waals surface area (Å²) >= 11 is 0. The third-order valence-corrected chi connectivity index (χ3v) is 3.17. The van der Waals surface area contributed by atoms with Crippen LogP contribution in [0.25, 0.3) is 0 Å². The van der Waals surface area contributed by atoms with Gasteiger partial charge in [-0.1, -0.05) is 30.3 Å². The molecule has 2 aromatic rings. The Morgan fingerprint density at radius 1 is 1.05 bits per heavy atom. The molecule has 1 atom stereocenters. The standard InChI is InChI=1S/C16H16F2O2/c1-20-10-11-5-2-3-6-12(11)16(19)9-13-14(17)7-4-8-15(13)18/h2-8,16,19H,9-10H2,1H3. The maximum atomic E-state index is 13.6. The predicted octanol–water partition coefficient (Wildman–Crippen LogP) is 3.39. The summed E-state index contributed by atoms with van der Waals surface area (Å²) in [5.41, 5.74) is 1.32. The van der Waals surface area contributed by atoms with E-state index in [0.717, 1.165) is 5.56 Å². The maximum absolute atomic E-state index is 13.6. The van der Waals surface area contributed by atoms with E-state index in [-0.39, 0.29) is 12.0 Å². The number of hydrogen-bond donors (Lipinski definition) is 1. The molecule has 0 aromatic heterocycles. The summed E-state index contributed by atoms with van der Waals surface area (Å²) < 4.78 is 32.3. The summed E-state index contributed by atoms with van der Waals surface area (Å²) in [6.45, 7) is 0.340. The largest absolute Gasteiger partial charge is 0.388 e. The van der Waals surface area contributed by atoms with Crippen LogP contribution in [-0.4, -0.2) is 12.2 Å². The molecular weight excluding hydrogens is 262 g/mol. The highest BCUT2D eigenvalue weighted by atomic mass is 19.1. The number of aliphatic hydroxyl groups excluding tert-OH is 1. The first-order valence-electron chi connectivity index (χ1n) is 6.31. The Bertz CT molecular complexity index is 564. The lowest BCUT2D eigenvalue weighted by molar-refractivity contribution is 0.160. The first-order chi connectivity index (χ1) is 9.63. The van der Waals surface area contributed by atoms with Gasteiger partial charge in [-0.3, -0.25) is 0 Å². The van der Waals surface area contributed by atoms with E-state index in [2.05, 4.69) is 0 Å². The molecule has 0 bridgehead atoms. The van der Waals surface area contributed by atoms with Crippen molar-refractivity contribution in [2.75, 3.05) is 7.11 Å². The van der Waals surface area contributed by atoms with Crippen molar-refractivity contribution in [1.82, 2.24) is 0 Å². The second-order valence-corrected chi connectivity index (χ2v) is 4.55. The molecule has 2 aromatic carbocycles. The van der Waals surface area contributed by atoms with Gasteiger partial charge in [0.1, 0.15) is 11.6 Å². The number of halogens is 2. The first-order valence-corrected chi connectivity index (χ1v) is 6.31. The molecule has 0 spiro atoms. The van der Waals surface area contributed by atoms with Gasteiger partial charge in [0, 0.05) is 19.1 Å². The molecule has 106 valence electrons. The van der Waals surface area contributed by atoms with Crippen LogP contribution in [0, 0.1) is 11.6 Å². The monoisotopic (exact) mass is 278 g/mol. The van der Waals surface area contributed by atoms with E-state index < -0.39 is 17.7 Å². The molecule has 0 aliphatic heterocycles. The van der Waals surface area contributed by atoms with Gasteiger partial charge in [0.05, 0.1) is 12.7 Å². The summed E-state index contributed by atoms with van der Waals surface area (Å²) in [7, 11) is 1.56. The van der Waals surface area contributed by atoms with Gasteiger partial charge in [-0.2, -0.15) is 0 Å². The van der Waals surface area contributed by atoms with E-state index in [0.29, 0.717) is 12.2 Å².